The van der Waals surface area contributed by atoms with Gasteiger partial charge in [0, 0.05) is 34.7 Å². The van der Waals surface area contributed by atoms with Crippen LogP contribution in [0, 0.1) is 5.82 Å². The Morgan fingerprint density at radius 2 is 1.82 bits per heavy atom. The van der Waals surface area contributed by atoms with E-state index in [0.29, 0.717) is 59.5 Å². The third-order valence-electron chi connectivity index (χ3n) is 6.38. The normalized spacial score (nSPS) is 19.3. The molecule has 34 heavy (non-hydrogen) atoms. The molecule has 0 fully saturated rings. The summed E-state index contributed by atoms with van der Waals surface area (Å²) < 4.78 is 43.5. The second-order valence-corrected chi connectivity index (χ2v) is 8.51. The van der Waals surface area contributed by atoms with Gasteiger partial charge in [-0.15, -0.1) is 0 Å². The third kappa shape index (κ3) is 3.65. The number of benzene rings is 3. The van der Waals surface area contributed by atoms with Crippen LogP contribution in [0.4, 0.5) is 4.39 Å². The van der Waals surface area contributed by atoms with Crippen LogP contribution in [-0.4, -0.2) is 24.5 Å². The smallest absolute Gasteiger partial charge is 0.304 e. The summed E-state index contributed by atoms with van der Waals surface area (Å²) in [7, 11) is 0. The maximum atomic E-state index is 14.9. The average Bonchev–Trinajstić information content (AvgIpc) is 3.54. The van der Waals surface area contributed by atoms with Crippen molar-refractivity contribution < 1.29 is 38.0 Å². The van der Waals surface area contributed by atoms with Crippen LogP contribution in [0.1, 0.15) is 41.6 Å². The van der Waals surface area contributed by atoms with Gasteiger partial charge in [-0.05, 0) is 43.2 Å². The molecule has 0 amide bonds. The van der Waals surface area contributed by atoms with Crippen LogP contribution in [0.2, 0.25) is 0 Å². The number of hydrogen-bond donors (Lipinski definition) is 1. The Morgan fingerprint density at radius 3 is 2.71 bits per heavy atom. The zero-order valence-corrected chi connectivity index (χ0v) is 18.1. The minimum absolute atomic E-state index is 0.0144. The van der Waals surface area contributed by atoms with Crippen molar-refractivity contribution in [2.75, 3.05) is 13.4 Å². The van der Waals surface area contributed by atoms with Crippen molar-refractivity contribution in [3.63, 3.8) is 0 Å². The van der Waals surface area contributed by atoms with Gasteiger partial charge in [0.15, 0.2) is 11.5 Å². The van der Waals surface area contributed by atoms with E-state index in [1.807, 2.05) is 6.07 Å². The maximum absolute atomic E-state index is 14.9. The maximum Gasteiger partial charge on any atom is 0.304 e. The fourth-order valence-corrected chi connectivity index (χ4v) is 4.80. The van der Waals surface area contributed by atoms with Crippen molar-refractivity contribution in [1.82, 2.24) is 0 Å². The number of ether oxygens (including phenoxy) is 5. The van der Waals surface area contributed by atoms with Gasteiger partial charge in [0.25, 0.3) is 0 Å². The van der Waals surface area contributed by atoms with E-state index in [-0.39, 0.29) is 24.9 Å². The molecule has 3 aromatic carbocycles. The molecule has 8 heteroatoms. The molecule has 0 saturated carbocycles. The first kappa shape index (κ1) is 20.7. The van der Waals surface area contributed by atoms with E-state index in [2.05, 4.69) is 0 Å². The Labute approximate surface area is 194 Å². The number of carboxylic acids is 1. The molecule has 2 unspecified atom stereocenters. The second kappa shape index (κ2) is 8.13. The summed E-state index contributed by atoms with van der Waals surface area (Å²) in [5.41, 5.74) is 2.12. The van der Waals surface area contributed by atoms with Gasteiger partial charge in [-0.3, -0.25) is 4.79 Å². The molecule has 2 heterocycles. The summed E-state index contributed by atoms with van der Waals surface area (Å²) in [6.45, 7) is 0.504. The lowest BCUT2D eigenvalue weighted by atomic mass is 9.98. The SMILES string of the molecule is O=C(O)CC1COc2cc(OC3CCc4c(Oc5ccc6c(c5)OCO6)ccc(F)c43)ccc21. The van der Waals surface area contributed by atoms with Gasteiger partial charge in [-0.25, -0.2) is 4.39 Å². The number of carboxylic acid groups (broad SMARTS) is 1. The van der Waals surface area contributed by atoms with Crippen LogP contribution in [0.25, 0.3) is 0 Å². The van der Waals surface area contributed by atoms with E-state index in [9.17, 15) is 9.18 Å². The molecule has 1 aliphatic carbocycles. The number of rotatable bonds is 6. The Morgan fingerprint density at radius 1 is 1.00 bits per heavy atom. The monoisotopic (exact) mass is 464 g/mol. The molecule has 2 aliphatic heterocycles. The summed E-state index contributed by atoms with van der Waals surface area (Å²) >= 11 is 0. The van der Waals surface area contributed by atoms with Crippen molar-refractivity contribution in [2.24, 2.45) is 0 Å². The Hall–Kier alpha value is -3.94. The van der Waals surface area contributed by atoms with Crippen LogP contribution < -0.4 is 23.7 Å². The zero-order chi connectivity index (χ0) is 23.2. The van der Waals surface area contributed by atoms with Gasteiger partial charge in [0.1, 0.15) is 34.9 Å². The molecule has 174 valence electrons. The van der Waals surface area contributed by atoms with E-state index >= 15 is 0 Å². The lowest BCUT2D eigenvalue weighted by molar-refractivity contribution is -0.137. The first-order valence-electron chi connectivity index (χ1n) is 11.1. The zero-order valence-electron chi connectivity index (χ0n) is 18.1. The van der Waals surface area contributed by atoms with Crippen LogP contribution in [-0.2, 0) is 11.2 Å². The van der Waals surface area contributed by atoms with Crippen LogP contribution in [0.5, 0.6) is 34.5 Å². The fraction of sp³-hybridized carbons (Fsp3) is 0.269. The van der Waals surface area contributed by atoms with E-state index in [1.54, 1.807) is 36.4 Å². The molecule has 3 aliphatic rings. The Kier molecular flexibility index (Phi) is 4.94. The van der Waals surface area contributed by atoms with Crippen molar-refractivity contribution in [3.05, 3.63) is 71.0 Å². The lowest BCUT2D eigenvalue weighted by Crippen LogP contribution is -2.07. The number of aliphatic carboxylic acids is 1. The fourth-order valence-electron chi connectivity index (χ4n) is 4.80. The number of halogens is 1. The lowest BCUT2D eigenvalue weighted by Gasteiger charge is -2.17. The van der Waals surface area contributed by atoms with Gasteiger partial charge in [-0.2, -0.15) is 0 Å². The molecular formula is C26H21FO7. The van der Waals surface area contributed by atoms with Gasteiger partial charge in [0.05, 0.1) is 13.0 Å². The Bertz CT molecular complexity index is 1290. The van der Waals surface area contributed by atoms with Crippen molar-refractivity contribution in [3.8, 4) is 34.5 Å². The minimum atomic E-state index is -0.862. The third-order valence-corrected chi connectivity index (χ3v) is 6.38. The first-order chi connectivity index (χ1) is 16.5. The highest BCUT2D eigenvalue weighted by molar-refractivity contribution is 5.69. The summed E-state index contributed by atoms with van der Waals surface area (Å²) in [4.78, 5) is 11.1. The van der Waals surface area contributed by atoms with Gasteiger partial charge < -0.3 is 28.8 Å². The second-order valence-electron chi connectivity index (χ2n) is 8.51. The Balaban J connectivity index is 1.23. The molecule has 6 rings (SSSR count). The molecule has 0 aromatic heterocycles. The topological polar surface area (TPSA) is 83.5 Å². The molecule has 2 atom stereocenters. The van der Waals surface area contributed by atoms with Gasteiger partial charge in [0.2, 0.25) is 6.79 Å². The molecule has 0 saturated heterocycles. The van der Waals surface area contributed by atoms with Crippen LogP contribution in [0.15, 0.2) is 48.5 Å². The first-order valence-corrected chi connectivity index (χ1v) is 11.1. The molecular weight excluding hydrogens is 443 g/mol. The molecule has 7 nitrogen and oxygen atoms in total. The summed E-state index contributed by atoms with van der Waals surface area (Å²) in [6, 6.07) is 13.7. The predicted molar refractivity (Wildman–Crippen MR) is 118 cm³/mol. The van der Waals surface area contributed by atoms with E-state index in [0.717, 1.165) is 11.1 Å². The largest absolute Gasteiger partial charge is 0.492 e. The van der Waals surface area contributed by atoms with Crippen LogP contribution in [0.3, 0.4) is 0 Å². The summed E-state index contributed by atoms with van der Waals surface area (Å²) in [5.74, 6) is 2.22. The van der Waals surface area contributed by atoms with Crippen molar-refractivity contribution in [1.29, 1.82) is 0 Å². The molecule has 0 radical (unpaired) electrons. The standard InChI is InChI=1S/C26H21FO7/c27-19-5-8-20(33-16-2-6-21-24(11-16)32-13-31-21)18-4-7-22(26(18)19)34-15-1-3-17-14(9-25(28)29)12-30-23(17)10-15/h1-3,5-6,8,10-11,14,22H,4,7,9,12-13H2,(H,28,29). The summed E-state index contributed by atoms with van der Waals surface area (Å²) in [5, 5.41) is 9.08. The number of hydrogen-bond acceptors (Lipinski definition) is 6. The van der Waals surface area contributed by atoms with E-state index in [1.165, 1.54) is 6.07 Å². The molecule has 1 N–H and O–H groups in total. The predicted octanol–water partition coefficient (Wildman–Crippen LogP) is 5.36. The quantitative estimate of drug-likeness (QED) is 0.526. The minimum Gasteiger partial charge on any atom is -0.492 e. The highest BCUT2D eigenvalue weighted by Gasteiger charge is 2.32. The molecule has 0 spiro atoms. The van der Waals surface area contributed by atoms with Gasteiger partial charge in [-0.1, -0.05) is 6.07 Å². The highest BCUT2D eigenvalue weighted by Crippen LogP contribution is 2.45. The number of fused-ring (bicyclic) bond motifs is 3. The molecule has 3 aromatic rings. The average molecular weight is 464 g/mol. The highest BCUT2D eigenvalue weighted by atomic mass is 19.1. The molecule has 0 bridgehead atoms. The van der Waals surface area contributed by atoms with Crippen molar-refractivity contribution in [2.45, 2.75) is 31.3 Å². The van der Waals surface area contributed by atoms with Gasteiger partial charge >= 0.3 is 5.97 Å². The van der Waals surface area contributed by atoms with Crippen LogP contribution >= 0.6 is 0 Å². The van der Waals surface area contributed by atoms with E-state index < -0.39 is 12.1 Å². The number of carbonyl (C=O) groups is 1. The summed E-state index contributed by atoms with van der Waals surface area (Å²) in [6.07, 6.45) is 0.762. The van der Waals surface area contributed by atoms with E-state index in [4.69, 9.17) is 28.8 Å². The van der Waals surface area contributed by atoms with Crippen molar-refractivity contribution >= 4 is 5.97 Å².